The minimum absolute atomic E-state index is 0.0344. The van der Waals surface area contributed by atoms with E-state index in [2.05, 4.69) is 20.4 Å². The van der Waals surface area contributed by atoms with Crippen molar-refractivity contribution < 1.29 is 19.5 Å². The number of aryl methyl sites for hydroxylation is 2. The molecule has 0 aliphatic carbocycles. The Morgan fingerprint density at radius 1 is 1.48 bits per heavy atom. The molecular weight excluding hydrogens is 324 g/mol. The Morgan fingerprint density at radius 2 is 2.28 bits per heavy atom. The molecule has 134 valence electrons. The summed E-state index contributed by atoms with van der Waals surface area (Å²) >= 11 is 0. The standard InChI is InChI=1S/C17H22N4O4/c1-10-12(11(2)25-20-10)8-21-7-5-13(15(23)9-21)19-17(24)16-14(22)4-3-6-18-16/h3-4,6,13,15,22-23H,5,7-9H2,1-2H3,(H,19,24)/t13-,15-/m1/s1. The second-order valence-electron chi connectivity index (χ2n) is 6.34. The van der Waals surface area contributed by atoms with Gasteiger partial charge in [0.15, 0.2) is 5.69 Å². The number of amides is 1. The van der Waals surface area contributed by atoms with Crippen LogP contribution in [0.3, 0.4) is 0 Å². The maximum atomic E-state index is 12.2. The van der Waals surface area contributed by atoms with Crippen molar-refractivity contribution >= 4 is 5.91 Å². The molecule has 8 nitrogen and oxygen atoms in total. The highest BCUT2D eigenvalue weighted by Gasteiger charge is 2.30. The van der Waals surface area contributed by atoms with Crippen molar-refractivity contribution in [3.63, 3.8) is 0 Å². The molecule has 2 aromatic heterocycles. The lowest BCUT2D eigenvalue weighted by Crippen LogP contribution is -2.53. The van der Waals surface area contributed by atoms with Crippen LogP contribution < -0.4 is 5.32 Å². The molecule has 0 bridgehead atoms. The van der Waals surface area contributed by atoms with Crippen LogP contribution in [0.1, 0.15) is 33.9 Å². The molecule has 8 heteroatoms. The van der Waals surface area contributed by atoms with Gasteiger partial charge in [0.05, 0.1) is 17.8 Å². The summed E-state index contributed by atoms with van der Waals surface area (Å²) in [6, 6.07) is 2.58. The van der Waals surface area contributed by atoms with Crippen LogP contribution >= 0.6 is 0 Å². The summed E-state index contributed by atoms with van der Waals surface area (Å²) in [6.07, 6.45) is 1.34. The molecule has 1 fully saturated rings. The number of aliphatic hydroxyl groups is 1. The SMILES string of the molecule is Cc1noc(C)c1CN1CC[C@@H](NC(=O)c2ncccc2O)[C@H](O)C1. The summed E-state index contributed by atoms with van der Waals surface area (Å²) in [4.78, 5) is 18.2. The Labute approximate surface area is 145 Å². The van der Waals surface area contributed by atoms with Gasteiger partial charge < -0.3 is 20.1 Å². The lowest BCUT2D eigenvalue weighted by molar-refractivity contribution is 0.0346. The minimum Gasteiger partial charge on any atom is -0.505 e. The predicted molar refractivity (Wildman–Crippen MR) is 89.0 cm³/mol. The van der Waals surface area contributed by atoms with E-state index >= 15 is 0 Å². The van der Waals surface area contributed by atoms with Gasteiger partial charge in [-0.1, -0.05) is 5.16 Å². The first-order valence-electron chi connectivity index (χ1n) is 8.22. The van der Waals surface area contributed by atoms with Crippen LogP contribution in [0.4, 0.5) is 0 Å². The van der Waals surface area contributed by atoms with Crippen molar-refractivity contribution in [3.8, 4) is 5.75 Å². The third-order valence-corrected chi connectivity index (χ3v) is 4.55. The molecule has 0 aromatic carbocycles. The Hall–Kier alpha value is -2.45. The molecule has 0 radical (unpaired) electrons. The quantitative estimate of drug-likeness (QED) is 0.749. The van der Waals surface area contributed by atoms with E-state index in [-0.39, 0.29) is 17.5 Å². The summed E-state index contributed by atoms with van der Waals surface area (Å²) < 4.78 is 5.17. The van der Waals surface area contributed by atoms with Gasteiger partial charge in [0, 0.05) is 31.4 Å². The number of nitrogens with zero attached hydrogens (tertiary/aromatic N) is 3. The molecule has 1 saturated heterocycles. The maximum absolute atomic E-state index is 12.2. The van der Waals surface area contributed by atoms with E-state index in [1.807, 2.05) is 13.8 Å². The number of carbonyl (C=O) groups excluding carboxylic acids is 1. The topological polar surface area (TPSA) is 112 Å². The number of β-amino-alcohol motifs (C(OH)–C–C–N with tert-alkyl or cyclic N) is 1. The van der Waals surface area contributed by atoms with Gasteiger partial charge in [0.1, 0.15) is 11.5 Å². The molecule has 3 heterocycles. The number of piperidine rings is 1. The maximum Gasteiger partial charge on any atom is 0.274 e. The molecule has 1 amide bonds. The van der Waals surface area contributed by atoms with Gasteiger partial charge in [0.2, 0.25) is 0 Å². The summed E-state index contributed by atoms with van der Waals surface area (Å²) in [6.45, 7) is 5.58. The molecule has 0 spiro atoms. The zero-order valence-corrected chi connectivity index (χ0v) is 14.3. The van der Waals surface area contributed by atoms with Crippen molar-refractivity contribution in [2.24, 2.45) is 0 Å². The number of hydrogen-bond acceptors (Lipinski definition) is 7. The molecule has 2 atom stereocenters. The molecule has 2 aromatic rings. The van der Waals surface area contributed by atoms with Gasteiger partial charge in [0.25, 0.3) is 5.91 Å². The second-order valence-corrected chi connectivity index (χ2v) is 6.34. The summed E-state index contributed by atoms with van der Waals surface area (Å²) in [5.41, 5.74) is 1.86. The number of hydrogen-bond donors (Lipinski definition) is 3. The van der Waals surface area contributed by atoms with E-state index in [0.29, 0.717) is 19.5 Å². The van der Waals surface area contributed by atoms with Gasteiger partial charge in [-0.25, -0.2) is 4.98 Å². The largest absolute Gasteiger partial charge is 0.505 e. The van der Waals surface area contributed by atoms with Crippen molar-refractivity contribution in [2.75, 3.05) is 13.1 Å². The fourth-order valence-electron chi connectivity index (χ4n) is 3.07. The summed E-state index contributed by atoms with van der Waals surface area (Å²) in [7, 11) is 0. The van der Waals surface area contributed by atoms with Crippen molar-refractivity contribution in [2.45, 2.75) is 39.0 Å². The van der Waals surface area contributed by atoms with Crippen LogP contribution in [0.15, 0.2) is 22.9 Å². The number of aliphatic hydroxyl groups excluding tert-OH is 1. The van der Waals surface area contributed by atoms with Crippen molar-refractivity contribution in [1.82, 2.24) is 20.4 Å². The average Bonchev–Trinajstić information content (AvgIpc) is 2.89. The number of carbonyl (C=O) groups is 1. The fraction of sp³-hybridized carbons (Fsp3) is 0.471. The van der Waals surface area contributed by atoms with Gasteiger partial charge in [-0.2, -0.15) is 0 Å². The van der Waals surface area contributed by atoms with E-state index in [4.69, 9.17) is 4.52 Å². The van der Waals surface area contributed by atoms with Gasteiger partial charge in [-0.05, 0) is 32.4 Å². The van der Waals surface area contributed by atoms with Crippen LogP contribution in [-0.2, 0) is 6.54 Å². The van der Waals surface area contributed by atoms with Crippen molar-refractivity contribution in [3.05, 3.63) is 41.0 Å². The first-order chi connectivity index (χ1) is 12.0. The highest BCUT2D eigenvalue weighted by atomic mass is 16.5. The predicted octanol–water partition coefficient (Wildman–Crippen LogP) is 0.757. The number of aromatic hydroxyl groups is 1. The lowest BCUT2D eigenvalue weighted by atomic mass is 10.0. The van der Waals surface area contributed by atoms with E-state index < -0.39 is 12.0 Å². The normalized spacial score (nSPS) is 21.2. The molecular formula is C17H22N4O4. The first kappa shape index (κ1) is 17.4. The molecule has 0 saturated carbocycles. The van der Waals surface area contributed by atoms with Crippen molar-refractivity contribution in [1.29, 1.82) is 0 Å². The zero-order chi connectivity index (χ0) is 18.0. The average molecular weight is 346 g/mol. The highest BCUT2D eigenvalue weighted by Crippen LogP contribution is 2.20. The van der Waals surface area contributed by atoms with E-state index in [1.165, 1.54) is 12.3 Å². The number of aromatic nitrogens is 2. The molecule has 3 rings (SSSR count). The van der Waals surface area contributed by atoms with Crippen LogP contribution in [-0.4, -0.2) is 56.4 Å². The van der Waals surface area contributed by atoms with E-state index in [0.717, 1.165) is 23.6 Å². The van der Waals surface area contributed by atoms with Crippen LogP contribution in [0, 0.1) is 13.8 Å². The Morgan fingerprint density at radius 3 is 2.92 bits per heavy atom. The van der Waals surface area contributed by atoms with E-state index in [1.54, 1.807) is 6.07 Å². The Balaban J connectivity index is 1.59. The Kier molecular flexibility index (Phi) is 5.00. The number of rotatable bonds is 4. The minimum atomic E-state index is -0.705. The monoisotopic (exact) mass is 346 g/mol. The first-order valence-corrected chi connectivity index (χ1v) is 8.22. The van der Waals surface area contributed by atoms with Gasteiger partial charge >= 0.3 is 0 Å². The highest BCUT2D eigenvalue weighted by molar-refractivity contribution is 5.94. The third-order valence-electron chi connectivity index (χ3n) is 4.55. The lowest BCUT2D eigenvalue weighted by Gasteiger charge is -2.36. The van der Waals surface area contributed by atoms with E-state index in [9.17, 15) is 15.0 Å². The molecule has 1 aliphatic rings. The summed E-state index contributed by atoms with van der Waals surface area (Å²) in [5, 5.41) is 26.8. The summed E-state index contributed by atoms with van der Waals surface area (Å²) in [5.74, 6) is 0.125. The molecule has 1 aliphatic heterocycles. The smallest absolute Gasteiger partial charge is 0.274 e. The van der Waals surface area contributed by atoms with Crippen LogP contribution in [0.5, 0.6) is 5.75 Å². The molecule has 3 N–H and O–H groups in total. The third kappa shape index (κ3) is 3.80. The number of likely N-dealkylation sites (tertiary alicyclic amines) is 1. The van der Waals surface area contributed by atoms with Gasteiger partial charge in [-0.3, -0.25) is 9.69 Å². The fourth-order valence-corrected chi connectivity index (χ4v) is 3.07. The van der Waals surface area contributed by atoms with Gasteiger partial charge in [-0.15, -0.1) is 0 Å². The zero-order valence-electron chi connectivity index (χ0n) is 14.3. The molecule has 25 heavy (non-hydrogen) atoms. The number of nitrogens with one attached hydrogen (secondary N) is 1. The van der Waals surface area contributed by atoms with Crippen LogP contribution in [0.2, 0.25) is 0 Å². The Bertz CT molecular complexity index is 741. The number of pyridine rings is 1. The second kappa shape index (κ2) is 7.20. The van der Waals surface area contributed by atoms with Crippen LogP contribution in [0.25, 0.3) is 0 Å². The molecule has 0 unspecified atom stereocenters.